The van der Waals surface area contributed by atoms with E-state index in [1.54, 1.807) is 0 Å². The van der Waals surface area contributed by atoms with Crippen LogP contribution >= 0.6 is 0 Å². The average Bonchev–Trinajstić information content (AvgIpc) is 2.84. The summed E-state index contributed by atoms with van der Waals surface area (Å²) in [4.78, 5) is 10.6. The first kappa shape index (κ1) is 8.05. The highest BCUT2D eigenvalue weighted by molar-refractivity contribution is 5.73. The summed E-state index contributed by atoms with van der Waals surface area (Å²) in [5.41, 5.74) is 0. The molecular weight excluding hydrogens is 156 g/mol. The molecule has 1 aliphatic carbocycles. The molecule has 3 heteroatoms. The van der Waals surface area contributed by atoms with Crippen LogP contribution < -0.4 is 0 Å². The van der Waals surface area contributed by atoms with Crippen LogP contribution in [0.4, 0.5) is 0 Å². The molecule has 0 spiro atoms. The Kier molecular flexibility index (Phi) is 2.05. The minimum Gasteiger partial charge on any atom is -0.481 e. The summed E-state index contributed by atoms with van der Waals surface area (Å²) in [6, 6.07) is 0. The van der Waals surface area contributed by atoms with Gasteiger partial charge in [0.15, 0.2) is 0 Å². The van der Waals surface area contributed by atoms with Crippen molar-refractivity contribution in [3.05, 3.63) is 0 Å². The first-order chi connectivity index (χ1) is 5.79. The van der Waals surface area contributed by atoms with E-state index in [1.165, 1.54) is 0 Å². The van der Waals surface area contributed by atoms with Crippen LogP contribution in [0.5, 0.6) is 0 Å². The lowest BCUT2D eigenvalue weighted by atomic mass is 9.96. The first-order valence-electron chi connectivity index (χ1n) is 4.59. The molecule has 3 unspecified atom stereocenters. The van der Waals surface area contributed by atoms with Crippen LogP contribution in [-0.2, 0) is 9.53 Å². The van der Waals surface area contributed by atoms with E-state index in [9.17, 15) is 4.79 Å². The predicted molar refractivity (Wildman–Crippen MR) is 42.8 cm³/mol. The van der Waals surface area contributed by atoms with Crippen molar-refractivity contribution >= 4 is 5.97 Å². The molecular formula is C9H14O3. The van der Waals surface area contributed by atoms with Gasteiger partial charge in [-0.1, -0.05) is 0 Å². The van der Waals surface area contributed by atoms with Gasteiger partial charge in [-0.15, -0.1) is 0 Å². The molecule has 1 saturated heterocycles. The monoisotopic (exact) mass is 170 g/mol. The Morgan fingerprint density at radius 1 is 1.50 bits per heavy atom. The lowest BCUT2D eigenvalue weighted by molar-refractivity contribution is -0.139. The van der Waals surface area contributed by atoms with Crippen molar-refractivity contribution in [2.24, 2.45) is 17.8 Å². The summed E-state index contributed by atoms with van der Waals surface area (Å²) in [5, 5.41) is 8.71. The quantitative estimate of drug-likeness (QED) is 0.675. The van der Waals surface area contributed by atoms with Gasteiger partial charge in [-0.05, 0) is 31.1 Å². The normalized spacial score (nSPS) is 40.8. The highest BCUT2D eigenvalue weighted by atomic mass is 16.5. The molecule has 12 heavy (non-hydrogen) atoms. The second kappa shape index (κ2) is 3.05. The van der Waals surface area contributed by atoms with Gasteiger partial charge in [-0.3, -0.25) is 4.79 Å². The summed E-state index contributed by atoms with van der Waals surface area (Å²) in [7, 11) is 0. The van der Waals surface area contributed by atoms with Gasteiger partial charge in [0.25, 0.3) is 0 Å². The van der Waals surface area contributed by atoms with Gasteiger partial charge in [0, 0.05) is 13.2 Å². The van der Waals surface area contributed by atoms with Crippen molar-refractivity contribution in [1.29, 1.82) is 0 Å². The van der Waals surface area contributed by atoms with Gasteiger partial charge < -0.3 is 9.84 Å². The Hall–Kier alpha value is -0.570. The van der Waals surface area contributed by atoms with Crippen LogP contribution in [0, 0.1) is 17.8 Å². The summed E-state index contributed by atoms with van der Waals surface area (Å²) in [6.07, 6.45) is 3.14. The molecule has 1 aliphatic heterocycles. The van der Waals surface area contributed by atoms with Crippen molar-refractivity contribution in [1.82, 2.24) is 0 Å². The summed E-state index contributed by atoms with van der Waals surface area (Å²) in [5.74, 6) is 0.268. The van der Waals surface area contributed by atoms with Crippen LogP contribution in [0.2, 0.25) is 0 Å². The third kappa shape index (κ3) is 1.46. The Morgan fingerprint density at radius 2 is 2.33 bits per heavy atom. The highest BCUT2D eigenvalue weighted by Crippen LogP contribution is 2.46. The number of hydrogen-bond acceptors (Lipinski definition) is 2. The number of carboxylic acids is 1. The topological polar surface area (TPSA) is 46.5 Å². The molecule has 0 amide bonds. The molecule has 0 radical (unpaired) electrons. The molecule has 0 aromatic heterocycles. The largest absolute Gasteiger partial charge is 0.481 e. The molecule has 1 N–H and O–H groups in total. The van der Waals surface area contributed by atoms with Gasteiger partial charge >= 0.3 is 5.97 Å². The summed E-state index contributed by atoms with van der Waals surface area (Å²) in [6.45, 7) is 1.65. The SMILES string of the molecule is O=C(O)C1CC1C1CCCOC1. The first-order valence-corrected chi connectivity index (χ1v) is 4.59. The minimum absolute atomic E-state index is 0.0586. The summed E-state index contributed by atoms with van der Waals surface area (Å²) >= 11 is 0. The van der Waals surface area contributed by atoms with Crippen molar-refractivity contribution in [2.75, 3.05) is 13.2 Å². The van der Waals surface area contributed by atoms with Crippen molar-refractivity contribution in [2.45, 2.75) is 19.3 Å². The molecule has 2 aliphatic rings. The van der Waals surface area contributed by atoms with Gasteiger partial charge in [0.2, 0.25) is 0 Å². The fourth-order valence-electron chi connectivity index (χ4n) is 2.12. The average molecular weight is 170 g/mol. The molecule has 0 aromatic rings. The Balaban J connectivity index is 1.83. The van der Waals surface area contributed by atoms with Crippen LogP contribution in [0.25, 0.3) is 0 Å². The van der Waals surface area contributed by atoms with E-state index in [4.69, 9.17) is 9.84 Å². The third-order valence-electron chi connectivity index (χ3n) is 2.96. The van der Waals surface area contributed by atoms with Crippen LogP contribution in [0.1, 0.15) is 19.3 Å². The van der Waals surface area contributed by atoms with Crippen LogP contribution in [0.15, 0.2) is 0 Å². The molecule has 3 atom stereocenters. The third-order valence-corrected chi connectivity index (χ3v) is 2.96. The van der Waals surface area contributed by atoms with Gasteiger partial charge in [-0.25, -0.2) is 0 Å². The van der Waals surface area contributed by atoms with E-state index >= 15 is 0 Å². The molecule has 0 bridgehead atoms. The second-order valence-corrected chi connectivity index (χ2v) is 3.82. The zero-order valence-electron chi connectivity index (χ0n) is 7.03. The zero-order chi connectivity index (χ0) is 8.55. The number of hydrogen-bond donors (Lipinski definition) is 1. The van der Waals surface area contributed by atoms with E-state index in [-0.39, 0.29) is 5.92 Å². The van der Waals surface area contributed by atoms with E-state index in [2.05, 4.69) is 0 Å². The van der Waals surface area contributed by atoms with Gasteiger partial charge in [-0.2, -0.15) is 0 Å². The zero-order valence-corrected chi connectivity index (χ0v) is 7.03. The van der Waals surface area contributed by atoms with Crippen LogP contribution in [0.3, 0.4) is 0 Å². The van der Waals surface area contributed by atoms with Crippen molar-refractivity contribution < 1.29 is 14.6 Å². The minimum atomic E-state index is -0.620. The highest BCUT2D eigenvalue weighted by Gasteiger charge is 2.47. The van der Waals surface area contributed by atoms with E-state index in [0.29, 0.717) is 11.8 Å². The fourth-order valence-corrected chi connectivity index (χ4v) is 2.12. The van der Waals surface area contributed by atoms with Crippen molar-refractivity contribution in [3.63, 3.8) is 0 Å². The molecule has 2 fully saturated rings. The molecule has 1 heterocycles. The molecule has 0 aromatic carbocycles. The standard InChI is InChI=1S/C9H14O3/c10-9(11)8-4-7(8)6-2-1-3-12-5-6/h6-8H,1-5H2,(H,10,11). The Morgan fingerprint density at radius 3 is 2.83 bits per heavy atom. The number of aliphatic carboxylic acids is 1. The van der Waals surface area contributed by atoms with Gasteiger partial charge in [0.1, 0.15) is 0 Å². The molecule has 68 valence electrons. The number of carbonyl (C=O) groups is 1. The maximum Gasteiger partial charge on any atom is 0.306 e. The maximum absolute atomic E-state index is 10.6. The lowest BCUT2D eigenvalue weighted by Crippen LogP contribution is -2.20. The fraction of sp³-hybridized carbons (Fsp3) is 0.889. The molecule has 1 saturated carbocycles. The Labute approximate surface area is 71.7 Å². The predicted octanol–water partition coefficient (Wildman–Crippen LogP) is 1.13. The van der Waals surface area contributed by atoms with Crippen molar-refractivity contribution in [3.8, 4) is 0 Å². The molecule has 2 rings (SSSR count). The van der Waals surface area contributed by atoms with E-state index in [1.807, 2.05) is 0 Å². The lowest BCUT2D eigenvalue weighted by Gasteiger charge is -2.21. The van der Waals surface area contributed by atoms with E-state index in [0.717, 1.165) is 32.5 Å². The Bertz CT molecular complexity index is 184. The maximum atomic E-state index is 10.6. The van der Waals surface area contributed by atoms with E-state index < -0.39 is 5.97 Å². The van der Waals surface area contributed by atoms with Gasteiger partial charge in [0.05, 0.1) is 5.92 Å². The van der Waals surface area contributed by atoms with Crippen LogP contribution in [-0.4, -0.2) is 24.3 Å². The number of rotatable bonds is 2. The second-order valence-electron chi connectivity index (χ2n) is 3.82. The summed E-state index contributed by atoms with van der Waals surface area (Å²) < 4.78 is 5.32. The smallest absolute Gasteiger partial charge is 0.306 e. The number of carboxylic acid groups (broad SMARTS) is 1. The molecule has 3 nitrogen and oxygen atoms in total. The number of ether oxygens (including phenoxy) is 1.